The van der Waals surface area contributed by atoms with Crippen LogP contribution in [-0.2, 0) is 16.6 Å². The number of amides is 5. The van der Waals surface area contributed by atoms with Gasteiger partial charge in [0.2, 0.25) is 5.91 Å². The topological polar surface area (TPSA) is 108 Å². The normalized spacial score (nSPS) is 21.5. The number of imide groups is 1. The van der Waals surface area contributed by atoms with Crippen LogP contribution in [0.25, 0.3) is 0 Å². The van der Waals surface area contributed by atoms with E-state index < -0.39 is 5.54 Å². The number of aryl methyl sites for hydroxylation is 1. The van der Waals surface area contributed by atoms with Crippen LogP contribution in [0.1, 0.15) is 55.3 Å². The summed E-state index contributed by atoms with van der Waals surface area (Å²) in [7, 11) is 3.45. The van der Waals surface area contributed by atoms with Crippen LogP contribution < -0.4 is 5.32 Å². The van der Waals surface area contributed by atoms with E-state index in [9.17, 15) is 19.2 Å². The minimum atomic E-state index is -0.755. The van der Waals surface area contributed by atoms with Gasteiger partial charge in [0, 0.05) is 39.9 Å². The second kappa shape index (κ2) is 8.91. The lowest BCUT2D eigenvalue weighted by Gasteiger charge is -2.36. The number of carbonyl (C=O) groups is 4. The molecule has 10 nitrogen and oxygen atoms in total. The molecule has 10 heteroatoms. The number of rotatable bonds is 5. The number of likely N-dealkylation sites (N-methyl/N-ethyl adjacent to an activating group) is 1. The average molecular weight is 445 g/mol. The van der Waals surface area contributed by atoms with Crippen LogP contribution in [0.15, 0.2) is 12.4 Å². The second-order valence-electron chi connectivity index (χ2n) is 9.26. The lowest BCUT2D eigenvalue weighted by Crippen LogP contribution is -2.50. The van der Waals surface area contributed by atoms with Crippen molar-refractivity contribution in [3.8, 4) is 0 Å². The van der Waals surface area contributed by atoms with Gasteiger partial charge in [-0.05, 0) is 31.6 Å². The van der Waals surface area contributed by atoms with E-state index in [4.69, 9.17) is 0 Å². The second-order valence-corrected chi connectivity index (χ2v) is 9.26. The molecule has 174 valence electrons. The van der Waals surface area contributed by atoms with Crippen LogP contribution >= 0.6 is 0 Å². The third-order valence-electron chi connectivity index (χ3n) is 7.26. The number of likely N-dealkylation sites (tertiary alicyclic amines) is 1. The number of urea groups is 1. The van der Waals surface area contributed by atoms with Gasteiger partial charge in [-0.15, -0.1) is 0 Å². The quantitative estimate of drug-likeness (QED) is 0.682. The third kappa shape index (κ3) is 4.10. The van der Waals surface area contributed by atoms with Crippen LogP contribution in [0.4, 0.5) is 4.79 Å². The summed E-state index contributed by atoms with van der Waals surface area (Å²) in [5.74, 6) is -0.272. The van der Waals surface area contributed by atoms with E-state index in [0.717, 1.165) is 37.0 Å². The Labute approximate surface area is 187 Å². The Balaban J connectivity index is 1.26. The van der Waals surface area contributed by atoms with Gasteiger partial charge in [-0.1, -0.05) is 19.3 Å². The molecule has 1 N–H and O–H groups in total. The van der Waals surface area contributed by atoms with Crippen molar-refractivity contribution in [2.75, 3.05) is 33.2 Å². The molecule has 4 rings (SSSR count). The summed E-state index contributed by atoms with van der Waals surface area (Å²) in [5, 5.41) is 6.94. The number of carbonyl (C=O) groups excluding carboxylic acids is 4. The zero-order chi connectivity index (χ0) is 22.9. The average Bonchev–Trinajstić information content (AvgIpc) is 3.31. The molecule has 3 fully saturated rings. The maximum Gasteiger partial charge on any atom is 0.327 e. The molecule has 5 amide bonds. The summed E-state index contributed by atoms with van der Waals surface area (Å²) >= 11 is 0. The monoisotopic (exact) mass is 444 g/mol. The van der Waals surface area contributed by atoms with E-state index in [1.807, 2.05) is 0 Å². The fraction of sp³-hybridized carbons (Fsp3) is 0.682. The summed E-state index contributed by atoms with van der Waals surface area (Å²) in [6, 6.07) is -0.363. The first-order valence-corrected chi connectivity index (χ1v) is 11.5. The zero-order valence-electron chi connectivity index (χ0n) is 18.9. The van der Waals surface area contributed by atoms with Crippen molar-refractivity contribution in [3.63, 3.8) is 0 Å². The Hall–Kier alpha value is -2.91. The molecule has 0 aromatic carbocycles. The standard InChI is InChI=1S/C22H32N6O4/c1-25-14-17(13-24-25)19(30)23-12-16-6-10-27(11-7-16)18(29)15-28-20(31)22(26(2)21(28)32)8-4-3-5-9-22/h13-14,16H,3-12,15H2,1-2H3,(H,23,30). The van der Waals surface area contributed by atoms with Crippen molar-refractivity contribution >= 4 is 23.8 Å². The molecule has 1 spiro atoms. The smallest absolute Gasteiger partial charge is 0.327 e. The van der Waals surface area contributed by atoms with E-state index in [1.54, 1.807) is 34.8 Å². The lowest BCUT2D eigenvalue weighted by atomic mass is 9.81. The Bertz CT molecular complexity index is 898. The molecule has 32 heavy (non-hydrogen) atoms. The minimum absolute atomic E-state index is 0.150. The van der Waals surface area contributed by atoms with E-state index in [-0.39, 0.29) is 36.2 Å². The molecule has 3 aliphatic rings. The van der Waals surface area contributed by atoms with E-state index in [2.05, 4.69) is 10.4 Å². The lowest BCUT2D eigenvalue weighted by molar-refractivity contribution is -0.141. The van der Waals surface area contributed by atoms with Crippen LogP contribution in [0.2, 0.25) is 0 Å². The number of piperidine rings is 1. The van der Waals surface area contributed by atoms with Gasteiger partial charge < -0.3 is 15.1 Å². The molecule has 1 aliphatic carbocycles. The molecular weight excluding hydrogens is 412 g/mol. The predicted octanol–water partition coefficient (Wildman–Crippen LogP) is 0.985. The van der Waals surface area contributed by atoms with Gasteiger partial charge in [0.1, 0.15) is 12.1 Å². The Morgan fingerprint density at radius 2 is 1.81 bits per heavy atom. The highest BCUT2D eigenvalue weighted by molar-refractivity contribution is 6.09. The number of hydrogen-bond donors (Lipinski definition) is 1. The van der Waals surface area contributed by atoms with Crippen molar-refractivity contribution in [2.24, 2.45) is 13.0 Å². The first-order valence-electron chi connectivity index (χ1n) is 11.5. The molecule has 1 aromatic rings. The van der Waals surface area contributed by atoms with Gasteiger partial charge in [0.15, 0.2) is 0 Å². The van der Waals surface area contributed by atoms with Crippen molar-refractivity contribution in [1.82, 2.24) is 29.8 Å². The van der Waals surface area contributed by atoms with Gasteiger partial charge in [0.25, 0.3) is 11.8 Å². The summed E-state index contributed by atoms with van der Waals surface area (Å²) in [5.41, 5.74) is -0.226. The molecular formula is C22H32N6O4. The molecule has 1 aromatic heterocycles. The third-order valence-corrected chi connectivity index (χ3v) is 7.26. The molecule has 3 heterocycles. The maximum absolute atomic E-state index is 13.1. The Morgan fingerprint density at radius 3 is 2.44 bits per heavy atom. The van der Waals surface area contributed by atoms with Crippen molar-refractivity contribution < 1.29 is 19.2 Å². The highest BCUT2D eigenvalue weighted by Gasteiger charge is 2.56. The van der Waals surface area contributed by atoms with Gasteiger partial charge in [0.05, 0.1) is 11.8 Å². The molecule has 0 radical (unpaired) electrons. The molecule has 0 unspecified atom stereocenters. The van der Waals surface area contributed by atoms with E-state index >= 15 is 0 Å². The first kappa shape index (κ1) is 22.3. The first-order chi connectivity index (χ1) is 15.3. The van der Waals surface area contributed by atoms with Crippen molar-refractivity contribution in [2.45, 2.75) is 50.5 Å². The number of nitrogens with zero attached hydrogens (tertiary/aromatic N) is 5. The molecule has 0 atom stereocenters. The summed E-state index contributed by atoms with van der Waals surface area (Å²) < 4.78 is 1.59. The van der Waals surface area contributed by atoms with Gasteiger partial charge in [-0.3, -0.25) is 24.0 Å². The number of aromatic nitrogens is 2. The van der Waals surface area contributed by atoms with Crippen molar-refractivity contribution in [1.29, 1.82) is 0 Å². The van der Waals surface area contributed by atoms with Crippen LogP contribution in [0.5, 0.6) is 0 Å². The van der Waals surface area contributed by atoms with Crippen LogP contribution in [0.3, 0.4) is 0 Å². The van der Waals surface area contributed by atoms with Crippen LogP contribution in [-0.4, -0.2) is 87.0 Å². The summed E-state index contributed by atoms with van der Waals surface area (Å²) in [4.78, 5) is 55.3. The highest BCUT2D eigenvalue weighted by atomic mass is 16.2. The fourth-order valence-electron chi connectivity index (χ4n) is 5.17. The summed E-state index contributed by atoms with van der Waals surface area (Å²) in [6.07, 6.45) is 9.03. The Kier molecular flexibility index (Phi) is 6.21. The van der Waals surface area contributed by atoms with Gasteiger partial charge >= 0.3 is 6.03 Å². The Morgan fingerprint density at radius 1 is 1.12 bits per heavy atom. The van der Waals surface area contributed by atoms with Crippen molar-refractivity contribution in [3.05, 3.63) is 18.0 Å². The summed E-state index contributed by atoms with van der Waals surface area (Å²) in [6.45, 7) is 1.48. The molecule has 2 saturated heterocycles. The van der Waals surface area contributed by atoms with Crippen LogP contribution in [0, 0.1) is 5.92 Å². The largest absolute Gasteiger partial charge is 0.352 e. The zero-order valence-corrected chi connectivity index (χ0v) is 18.9. The van der Waals surface area contributed by atoms with Gasteiger partial charge in [-0.25, -0.2) is 4.79 Å². The number of hydrogen-bond acceptors (Lipinski definition) is 5. The number of nitrogens with one attached hydrogen (secondary N) is 1. The van der Waals surface area contributed by atoms with E-state index in [0.29, 0.717) is 38.0 Å². The maximum atomic E-state index is 13.1. The molecule has 2 aliphatic heterocycles. The fourth-order valence-corrected chi connectivity index (χ4v) is 5.17. The SMILES string of the molecule is CN1C(=O)N(CC(=O)N2CCC(CNC(=O)c3cnn(C)c3)CC2)C(=O)C12CCCCC2. The minimum Gasteiger partial charge on any atom is -0.352 e. The predicted molar refractivity (Wildman–Crippen MR) is 116 cm³/mol. The molecule has 1 saturated carbocycles. The highest BCUT2D eigenvalue weighted by Crippen LogP contribution is 2.39. The van der Waals surface area contributed by atoms with Gasteiger partial charge in [-0.2, -0.15) is 5.10 Å². The van der Waals surface area contributed by atoms with E-state index in [1.165, 1.54) is 6.20 Å². The molecule has 0 bridgehead atoms.